The molecule has 1 saturated heterocycles. The molecule has 5 heteroatoms. The number of carbonyl (C=O) groups is 1. The molecule has 3 rings (SSSR count). The van der Waals surface area contributed by atoms with Gasteiger partial charge in [0, 0.05) is 3.57 Å². The highest BCUT2D eigenvalue weighted by atomic mass is 127. The summed E-state index contributed by atoms with van der Waals surface area (Å²) in [6.45, 7) is 2.03. The Morgan fingerprint density at radius 1 is 1.14 bits per heavy atom. The first-order chi connectivity index (χ1) is 10.6. The molecule has 0 aromatic heterocycles. The van der Waals surface area contributed by atoms with Gasteiger partial charge >= 0.3 is 0 Å². The van der Waals surface area contributed by atoms with E-state index in [1.54, 1.807) is 0 Å². The molecule has 2 aromatic rings. The molecular weight excluding hydrogens is 407 g/mol. The summed E-state index contributed by atoms with van der Waals surface area (Å²) in [6, 6.07) is 15.9. The van der Waals surface area contributed by atoms with E-state index in [0.29, 0.717) is 10.1 Å². The van der Waals surface area contributed by atoms with Crippen LogP contribution in [0.2, 0.25) is 0 Å². The number of carbonyl (C=O) groups excluding carboxylic acids is 1. The van der Waals surface area contributed by atoms with Gasteiger partial charge in [0.05, 0.1) is 10.6 Å². The van der Waals surface area contributed by atoms with Gasteiger partial charge in [-0.1, -0.05) is 35.9 Å². The third-order valence-electron chi connectivity index (χ3n) is 3.11. The van der Waals surface area contributed by atoms with Crippen molar-refractivity contribution in [3.05, 3.63) is 68.1 Å². The first-order valence-corrected chi connectivity index (χ1v) is 8.62. The van der Waals surface area contributed by atoms with E-state index in [4.69, 9.17) is 0 Å². The molecule has 1 heterocycles. The quantitative estimate of drug-likeness (QED) is 0.575. The fourth-order valence-electron chi connectivity index (χ4n) is 1.95. The summed E-state index contributed by atoms with van der Waals surface area (Å²) in [5, 5.41) is 3.43. The number of aliphatic imine (C=N–C) groups is 1. The minimum absolute atomic E-state index is 0.101. The fourth-order valence-corrected chi connectivity index (χ4v) is 3.33. The molecule has 3 nitrogen and oxygen atoms in total. The number of nitrogens with zero attached hydrogens (tertiary/aromatic N) is 1. The van der Waals surface area contributed by atoms with E-state index in [-0.39, 0.29) is 5.91 Å². The van der Waals surface area contributed by atoms with Gasteiger partial charge in [0.15, 0.2) is 5.17 Å². The number of hydrogen-bond donors (Lipinski definition) is 1. The van der Waals surface area contributed by atoms with Crippen LogP contribution in [0.4, 0.5) is 5.69 Å². The molecule has 1 fully saturated rings. The molecule has 0 saturated carbocycles. The number of benzene rings is 2. The molecular formula is C17H13IN2OS. The standard InChI is InChI=1S/C17H13IN2OS/c1-11-6-8-13(9-7-11)19-17-20-16(21)15(22-17)10-12-4-2-3-5-14(12)18/h2-10H,1H3,(H,19,20,21). The highest BCUT2D eigenvalue weighted by molar-refractivity contribution is 14.1. The second-order valence-electron chi connectivity index (χ2n) is 4.84. The lowest BCUT2D eigenvalue weighted by molar-refractivity contribution is -0.115. The summed E-state index contributed by atoms with van der Waals surface area (Å²) in [6.07, 6.45) is 1.90. The zero-order valence-corrected chi connectivity index (χ0v) is 14.8. The molecule has 22 heavy (non-hydrogen) atoms. The Balaban J connectivity index is 1.84. The lowest BCUT2D eigenvalue weighted by atomic mass is 10.2. The van der Waals surface area contributed by atoms with E-state index in [2.05, 4.69) is 32.9 Å². The summed E-state index contributed by atoms with van der Waals surface area (Å²) < 4.78 is 1.12. The summed E-state index contributed by atoms with van der Waals surface area (Å²) in [5.74, 6) is -0.101. The Hall–Kier alpha value is -1.60. The smallest absolute Gasteiger partial charge is 0.264 e. The Bertz CT molecular complexity index is 782. The number of amides is 1. The van der Waals surface area contributed by atoms with Crippen molar-refractivity contribution in [1.82, 2.24) is 5.32 Å². The topological polar surface area (TPSA) is 41.5 Å². The number of thioether (sulfide) groups is 1. The van der Waals surface area contributed by atoms with Crippen LogP contribution in [0.5, 0.6) is 0 Å². The molecule has 1 aliphatic heterocycles. The molecule has 1 amide bonds. The van der Waals surface area contributed by atoms with Crippen molar-refractivity contribution in [3.63, 3.8) is 0 Å². The summed E-state index contributed by atoms with van der Waals surface area (Å²) in [7, 11) is 0. The van der Waals surface area contributed by atoms with Crippen LogP contribution in [0.1, 0.15) is 11.1 Å². The first kappa shape index (κ1) is 15.3. The molecule has 1 N–H and O–H groups in total. The van der Waals surface area contributed by atoms with E-state index >= 15 is 0 Å². The zero-order chi connectivity index (χ0) is 15.5. The first-order valence-electron chi connectivity index (χ1n) is 6.72. The third kappa shape index (κ3) is 3.59. The number of nitrogens with one attached hydrogen (secondary N) is 1. The number of hydrogen-bond acceptors (Lipinski definition) is 3. The monoisotopic (exact) mass is 420 g/mol. The van der Waals surface area contributed by atoms with Gasteiger partial charge in [0.1, 0.15) is 0 Å². The largest absolute Gasteiger partial charge is 0.300 e. The Morgan fingerprint density at radius 2 is 1.86 bits per heavy atom. The molecule has 0 radical (unpaired) electrons. The van der Waals surface area contributed by atoms with Crippen molar-refractivity contribution in [2.75, 3.05) is 0 Å². The van der Waals surface area contributed by atoms with E-state index in [0.717, 1.165) is 14.8 Å². The predicted octanol–water partition coefficient (Wildman–Crippen LogP) is 4.49. The SMILES string of the molecule is Cc1ccc(N=C2NC(=O)C(=Cc3ccccc3I)S2)cc1. The number of aryl methyl sites for hydroxylation is 1. The van der Waals surface area contributed by atoms with Crippen LogP contribution in [0.3, 0.4) is 0 Å². The lowest BCUT2D eigenvalue weighted by Crippen LogP contribution is -2.19. The Morgan fingerprint density at radius 3 is 2.59 bits per heavy atom. The van der Waals surface area contributed by atoms with Crippen LogP contribution in [0.15, 0.2) is 58.4 Å². The molecule has 0 unspecified atom stereocenters. The van der Waals surface area contributed by atoms with Crippen LogP contribution in [-0.2, 0) is 4.79 Å². The highest BCUT2D eigenvalue weighted by Crippen LogP contribution is 2.29. The highest BCUT2D eigenvalue weighted by Gasteiger charge is 2.23. The molecule has 0 bridgehead atoms. The van der Waals surface area contributed by atoms with Gasteiger partial charge in [-0.2, -0.15) is 0 Å². The van der Waals surface area contributed by atoms with Crippen molar-refractivity contribution in [2.24, 2.45) is 4.99 Å². The van der Waals surface area contributed by atoms with Crippen LogP contribution in [-0.4, -0.2) is 11.1 Å². The minimum atomic E-state index is -0.101. The van der Waals surface area contributed by atoms with Crippen LogP contribution >= 0.6 is 34.4 Å². The van der Waals surface area contributed by atoms with Crippen LogP contribution in [0.25, 0.3) is 6.08 Å². The molecule has 2 aromatic carbocycles. The molecule has 0 atom stereocenters. The van der Waals surface area contributed by atoms with E-state index in [1.807, 2.05) is 61.5 Å². The summed E-state index contributed by atoms with van der Waals surface area (Å²) in [5.41, 5.74) is 3.06. The van der Waals surface area contributed by atoms with Crippen LogP contribution in [0, 0.1) is 10.5 Å². The Labute approximate surface area is 147 Å². The van der Waals surface area contributed by atoms with Gasteiger partial charge in [-0.05, 0) is 71.1 Å². The van der Waals surface area contributed by atoms with E-state index in [1.165, 1.54) is 17.3 Å². The fraction of sp³-hybridized carbons (Fsp3) is 0.0588. The maximum atomic E-state index is 12.1. The normalized spacial score (nSPS) is 18.0. The molecule has 0 spiro atoms. The zero-order valence-electron chi connectivity index (χ0n) is 11.8. The van der Waals surface area contributed by atoms with E-state index in [9.17, 15) is 4.79 Å². The van der Waals surface area contributed by atoms with Crippen molar-refractivity contribution in [2.45, 2.75) is 6.92 Å². The second kappa shape index (κ2) is 6.66. The van der Waals surface area contributed by atoms with Crippen molar-refractivity contribution in [1.29, 1.82) is 0 Å². The van der Waals surface area contributed by atoms with Crippen molar-refractivity contribution in [3.8, 4) is 0 Å². The predicted molar refractivity (Wildman–Crippen MR) is 101 cm³/mol. The average molecular weight is 420 g/mol. The summed E-state index contributed by atoms with van der Waals surface area (Å²) >= 11 is 3.63. The minimum Gasteiger partial charge on any atom is -0.300 e. The number of halogens is 1. The van der Waals surface area contributed by atoms with E-state index < -0.39 is 0 Å². The number of amidine groups is 1. The van der Waals surface area contributed by atoms with Gasteiger partial charge in [-0.25, -0.2) is 4.99 Å². The maximum Gasteiger partial charge on any atom is 0.264 e. The van der Waals surface area contributed by atoms with Gasteiger partial charge in [-0.3, -0.25) is 4.79 Å². The van der Waals surface area contributed by atoms with Crippen LogP contribution < -0.4 is 5.32 Å². The number of rotatable bonds is 2. The second-order valence-corrected chi connectivity index (χ2v) is 7.03. The van der Waals surface area contributed by atoms with Gasteiger partial charge in [0.2, 0.25) is 0 Å². The van der Waals surface area contributed by atoms with Gasteiger partial charge in [0.25, 0.3) is 5.91 Å². The summed E-state index contributed by atoms with van der Waals surface area (Å²) in [4.78, 5) is 17.2. The molecule has 1 aliphatic rings. The Kier molecular flexibility index (Phi) is 4.63. The molecule has 110 valence electrons. The van der Waals surface area contributed by atoms with Gasteiger partial charge in [-0.15, -0.1) is 0 Å². The average Bonchev–Trinajstić information content (AvgIpc) is 2.84. The maximum absolute atomic E-state index is 12.1. The van der Waals surface area contributed by atoms with Crippen molar-refractivity contribution < 1.29 is 4.79 Å². The molecule has 0 aliphatic carbocycles. The lowest BCUT2D eigenvalue weighted by Gasteiger charge is -1.98. The van der Waals surface area contributed by atoms with Gasteiger partial charge < -0.3 is 5.32 Å². The third-order valence-corrected chi connectivity index (χ3v) is 5.00. The van der Waals surface area contributed by atoms with Crippen molar-refractivity contribution >= 4 is 57.2 Å².